The molecular weight excluding hydrogens is 913 g/mol. The van der Waals surface area contributed by atoms with Crippen molar-refractivity contribution in [2.45, 2.75) is 277 Å². The lowest BCUT2D eigenvalue weighted by atomic mass is 10.0. The van der Waals surface area contributed by atoms with Gasteiger partial charge in [0.1, 0.15) is 13.2 Å². The SMILES string of the molecule is CC/C=C\C/C=C\C/C=C\C/C=C\C/C=C\C/C=C\C/C=C\C/C=C\C/C=C\C/C=C\CCCCC(=O)OCC(COC(=O)CCCCCCC)OC(=O)CCCCCCCCCCCCCCCCCCCC. The summed E-state index contributed by atoms with van der Waals surface area (Å²) in [6.07, 6.45) is 85.4. The van der Waals surface area contributed by atoms with Crippen LogP contribution >= 0.6 is 0 Å². The Labute approximate surface area is 456 Å². The molecule has 0 heterocycles. The van der Waals surface area contributed by atoms with E-state index in [2.05, 4.69) is 142 Å². The number of allylic oxidation sites excluding steroid dienone is 20. The second kappa shape index (κ2) is 61.4. The molecule has 0 radical (unpaired) electrons. The Morgan fingerprint density at radius 2 is 0.527 bits per heavy atom. The molecule has 0 saturated carbocycles. The highest BCUT2D eigenvalue weighted by atomic mass is 16.6. The lowest BCUT2D eigenvalue weighted by molar-refractivity contribution is -0.167. The Bertz CT molecular complexity index is 1550. The lowest BCUT2D eigenvalue weighted by Crippen LogP contribution is -2.30. The molecule has 0 aliphatic rings. The van der Waals surface area contributed by atoms with E-state index in [1.165, 1.54) is 96.3 Å². The average Bonchev–Trinajstić information content (AvgIpc) is 3.40. The fraction of sp³-hybridized carbons (Fsp3) is 0.662. The maximum Gasteiger partial charge on any atom is 0.306 e. The summed E-state index contributed by atoms with van der Waals surface area (Å²) in [7, 11) is 0. The topological polar surface area (TPSA) is 78.9 Å². The van der Waals surface area contributed by atoms with E-state index >= 15 is 0 Å². The number of unbranched alkanes of at least 4 members (excludes halogenated alkanes) is 23. The number of carbonyl (C=O) groups excluding carboxylic acids is 3. The fourth-order valence-electron chi connectivity index (χ4n) is 8.18. The molecule has 0 aromatic heterocycles. The predicted molar refractivity (Wildman–Crippen MR) is 320 cm³/mol. The van der Waals surface area contributed by atoms with Gasteiger partial charge in [0.2, 0.25) is 0 Å². The minimum absolute atomic E-state index is 0.0921. The van der Waals surface area contributed by atoms with Crippen LogP contribution in [-0.2, 0) is 28.6 Å². The number of esters is 3. The first-order valence-corrected chi connectivity index (χ1v) is 30.5. The first-order chi connectivity index (χ1) is 36.5. The Kier molecular flexibility index (Phi) is 57.9. The summed E-state index contributed by atoms with van der Waals surface area (Å²) in [6, 6.07) is 0. The summed E-state index contributed by atoms with van der Waals surface area (Å²) in [5.74, 6) is -0.949. The molecule has 0 saturated heterocycles. The second-order valence-electron chi connectivity index (χ2n) is 19.9. The molecule has 0 N–H and O–H groups in total. The van der Waals surface area contributed by atoms with E-state index in [9.17, 15) is 14.4 Å². The number of rotatable bonds is 54. The van der Waals surface area contributed by atoms with Crippen molar-refractivity contribution >= 4 is 17.9 Å². The van der Waals surface area contributed by atoms with E-state index in [0.29, 0.717) is 19.3 Å². The number of hydrogen-bond donors (Lipinski definition) is 0. The van der Waals surface area contributed by atoms with Crippen molar-refractivity contribution < 1.29 is 28.6 Å². The van der Waals surface area contributed by atoms with Crippen molar-refractivity contribution in [1.29, 1.82) is 0 Å². The van der Waals surface area contributed by atoms with Gasteiger partial charge < -0.3 is 14.2 Å². The smallest absolute Gasteiger partial charge is 0.306 e. The van der Waals surface area contributed by atoms with Crippen molar-refractivity contribution in [2.24, 2.45) is 0 Å². The quantitative estimate of drug-likeness (QED) is 0.0261. The Hall–Kier alpha value is -4.19. The Morgan fingerprint density at radius 3 is 0.824 bits per heavy atom. The zero-order valence-electron chi connectivity index (χ0n) is 48.1. The van der Waals surface area contributed by atoms with Crippen LogP contribution in [0, 0.1) is 0 Å². The Morgan fingerprint density at radius 1 is 0.284 bits per heavy atom. The van der Waals surface area contributed by atoms with Crippen LogP contribution in [0.4, 0.5) is 0 Å². The van der Waals surface area contributed by atoms with Gasteiger partial charge in [-0.3, -0.25) is 14.4 Å². The molecule has 0 bridgehead atoms. The molecule has 420 valence electrons. The van der Waals surface area contributed by atoms with Crippen LogP contribution in [0.5, 0.6) is 0 Å². The molecular formula is C68H112O6. The first kappa shape index (κ1) is 69.8. The first-order valence-electron chi connectivity index (χ1n) is 30.5. The zero-order chi connectivity index (χ0) is 53.6. The largest absolute Gasteiger partial charge is 0.462 e. The van der Waals surface area contributed by atoms with Crippen molar-refractivity contribution in [3.05, 3.63) is 122 Å². The van der Waals surface area contributed by atoms with E-state index in [1.807, 2.05) is 0 Å². The van der Waals surface area contributed by atoms with Gasteiger partial charge in [-0.2, -0.15) is 0 Å². The summed E-state index contributed by atoms with van der Waals surface area (Å²) >= 11 is 0. The van der Waals surface area contributed by atoms with Crippen LogP contribution in [0.2, 0.25) is 0 Å². The van der Waals surface area contributed by atoms with Crippen LogP contribution in [0.25, 0.3) is 0 Å². The highest BCUT2D eigenvalue weighted by molar-refractivity contribution is 5.71. The normalized spacial score (nSPS) is 13.0. The van der Waals surface area contributed by atoms with Gasteiger partial charge in [-0.05, 0) is 96.3 Å². The van der Waals surface area contributed by atoms with Gasteiger partial charge in [-0.1, -0.05) is 277 Å². The van der Waals surface area contributed by atoms with E-state index in [4.69, 9.17) is 14.2 Å². The maximum atomic E-state index is 12.8. The van der Waals surface area contributed by atoms with E-state index in [0.717, 1.165) is 135 Å². The third kappa shape index (κ3) is 58.7. The molecule has 0 rings (SSSR count). The van der Waals surface area contributed by atoms with Gasteiger partial charge in [-0.15, -0.1) is 0 Å². The minimum Gasteiger partial charge on any atom is -0.462 e. The van der Waals surface area contributed by atoms with E-state index in [1.54, 1.807) is 0 Å². The molecule has 0 spiro atoms. The number of ether oxygens (including phenoxy) is 3. The van der Waals surface area contributed by atoms with Crippen LogP contribution < -0.4 is 0 Å². The molecule has 6 nitrogen and oxygen atoms in total. The molecule has 6 heteroatoms. The molecule has 0 aromatic carbocycles. The third-order valence-corrected chi connectivity index (χ3v) is 12.7. The van der Waals surface area contributed by atoms with E-state index in [-0.39, 0.29) is 31.1 Å². The van der Waals surface area contributed by atoms with Crippen molar-refractivity contribution in [2.75, 3.05) is 13.2 Å². The molecule has 0 amide bonds. The molecule has 0 fully saturated rings. The Balaban J connectivity index is 4.17. The average molecular weight is 1030 g/mol. The third-order valence-electron chi connectivity index (χ3n) is 12.7. The number of hydrogen-bond acceptors (Lipinski definition) is 6. The summed E-state index contributed by atoms with van der Waals surface area (Å²) in [4.78, 5) is 37.8. The summed E-state index contributed by atoms with van der Waals surface area (Å²) in [5, 5.41) is 0. The molecule has 74 heavy (non-hydrogen) atoms. The highest BCUT2D eigenvalue weighted by Gasteiger charge is 2.19. The minimum atomic E-state index is -0.793. The van der Waals surface area contributed by atoms with Crippen LogP contribution in [0.15, 0.2) is 122 Å². The fourth-order valence-corrected chi connectivity index (χ4v) is 8.18. The van der Waals surface area contributed by atoms with Gasteiger partial charge in [0.15, 0.2) is 6.10 Å². The summed E-state index contributed by atoms with van der Waals surface area (Å²) in [5.41, 5.74) is 0. The maximum absolute atomic E-state index is 12.8. The summed E-state index contributed by atoms with van der Waals surface area (Å²) in [6.45, 7) is 6.41. The molecule has 0 aliphatic carbocycles. The van der Waals surface area contributed by atoms with Gasteiger partial charge in [0.05, 0.1) is 0 Å². The van der Waals surface area contributed by atoms with Crippen LogP contribution in [-0.4, -0.2) is 37.2 Å². The second-order valence-corrected chi connectivity index (χ2v) is 19.9. The summed E-state index contributed by atoms with van der Waals surface area (Å²) < 4.78 is 16.7. The lowest BCUT2D eigenvalue weighted by Gasteiger charge is -2.18. The standard InChI is InChI=1S/C68H112O6/c1-4-7-10-13-15-17-19-21-23-25-27-28-29-30-31-32-33-34-35-36-37-38-39-40-41-43-44-46-48-50-52-55-58-61-67(70)73-64-65(63-72-66(69)60-57-54-12-9-6-3)74-68(71)62-59-56-53-51-49-47-45-42-26-24-22-20-18-16-14-11-8-5-2/h7,10,15,17,21,23,27-28,30-31,33-34,36-37,39-40,43-44,48,50,65H,4-6,8-9,11-14,16,18-20,22,24-26,29,32,35,38,41-42,45-47,49,51-64H2,1-3H3/b10-7-,17-15-,23-21-,28-27-,31-30-,34-33-,37-36-,40-39-,44-43-,50-48-. The van der Waals surface area contributed by atoms with Gasteiger partial charge in [0.25, 0.3) is 0 Å². The van der Waals surface area contributed by atoms with Gasteiger partial charge >= 0.3 is 17.9 Å². The molecule has 0 aliphatic heterocycles. The van der Waals surface area contributed by atoms with E-state index < -0.39 is 6.10 Å². The van der Waals surface area contributed by atoms with Gasteiger partial charge in [0, 0.05) is 19.3 Å². The monoisotopic (exact) mass is 1020 g/mol. The van der Waals surface area contributed by atoms with Gasteiger partial charge in [-0.25, -0.2) is 0 Å². The van der Waals surface area contributed by atoms with Crippen LogP contribution in [0.3, 0.4) is 0 Å². The predicted octanol–water partition coefficient (Wildman–Crippen LogP) is 20.8. The molecule has 1 atom stereocenters. The molecule has 0 aromatic rings. The number of carbonyl (C=O) groups is 3. The van der Waals surface area contributed by atoms with Crippen molar-refractivity contribution in [3.8, 4) is 0 Å². The van der Waals surface area contributed by atoms with Crippen molar-refractivity contribution in [1.82, 2.24) is 0 Å². The molecule has 1 unspecified atom stereocenters. The van der Waals surface area contributed by atoms with Crippen molar-refractivity contribution in [3.63, 3.8) is 0 Å². The van der Waals surface area contributed by atoms with Crippen LogP contribution in [0.1, 0.15) is 271 Å². The zero-order valence-corrected chi connectivity index (χ0v) is 48.1. The highest BCUT2D eigenvalue weighted by Crippen LogP contribution is 2.16.